The van der Waals surface area contributed by atoms with Crippen molar-refractivity contribution in [3.63, 3.8) is 0 Å². The standard InChI is InChI=1S/C52H35N/c1-3-14-34(15-4-1)35-26-29-38(30-27-35)53(47-25-13-24-41-39-19-8-7-18-37(39)28-31-42(41)47)48-33-32-40(36-16-5-2-6-17-36)51-49-43-20-9-11-22-45(43)50(52(48)51)46-23-12-10-21-44(46)49/h1-33,49-50H. The summed E-state index contributed by atoms with van der Waals surface area (Å²) in [5.74, 6) is 0.235. The molecule has 9 aromatic rings. The Morgan fingerprint density at radius 2 is 0.849 bits per heavy atom. The Kier molecular flexibility index (Phi) is 6.75. The summed E-state index contributed by atoms with van der Waals surface area (Å²) in [5, 5.41) is 5.03. The van der Waals surface area contributed by atoms with Crippen molar-refractivity contribution in [2.24, 2.45) is 0 Å². The Hall–Kier alpha value is -6.70. The molecular formula is C52H35N. The van der Waals surface area contributed by atoms with Crippen molar-refractivity contribution in [3.05, 3.63) is 234 Å². The van der Waals surface area contributed by atoms with Gasteiger partial charge in [0.15, 0.2) is 0 Å². The van der Waals surface area contributed by atoms with E-state index in [1.165, 1.54) is 88.6 Å². The van der Waals surface area contributed by atoms with Crippen LogP contribution < -0.4 is 4.90 Å². The van der Waals surface area contributed by atoms with E-state index < -0.39 is 0 Å². The Labute approximate surface area is 310 Å². The van der Waals surface area contributed by atoms with Gasteiger partial charge in [-0.3, -0.25) is 0 Å². The third kappa shape index (κ3) is 4.57. The van der Waals surface area contributed by atoms with Crippen LogP contribution in [0.2, 0.25) is 0 Å². The van der Waals surface area contributed by atoms with Crippen LogP contribution in [0.1, 0.15) is 45.2 Å². The fraction of sp³-hybridized carbons (Fsp3) is 0.0385. The van der Waals surface area contributed by atoms with Gasteiger partial charge in [0.05, 0.1) is 11.4 Å². The van der Waals surface area contributed by atoms with Crippen LogP contribution in [0.4, 0.5) is 17.1 Å². The SMILES string of the molecule is c1ccc(-c2ccc(N(c3ccc(-c4ccccc4)c4c3C3c5ccccc5C4c4ccccc43)c3cccc4c3ccc3ccccc34)cc2)cc1. The lowest BCUT2D eigenvalue weighted by Gasteiger charge is -2.45. The summed E-state index contributed by atoms with van der Waals surface area (Å²) in [6, 6.07) is 74.1. The largest absolute Gasteiger partial charge is 0.310 e. The molecule has 0 heterocycles. The highest BCUT2D eigenvalue weighted by atomic mass is 15.1. The summed E-state index contributed by atoms with van der Waals surface area (Å²) < 4.78 is 0. The molecule has 9 aromatic carbocycles. The first-order valence-electron chi connectivity index (χ1n) is 18.6. The molecule has 53 heavy (non-hydrogen) atoms. The van der Waals surface area contributed by atoms with Gasteiger partial charge in [0.25, 0.3) is 0 Å². The minimum Gasteiger partial charge on any atom is -0.310 e. The number of fused-ring (bicyclic) bond motifs is 3. The maximum absolute atomic E-state index is 2.55. The van der Waals surface area contributed by atoms with E-state index >= 15 is 0 Å². The molecule has 0 spiro atoms. The topological polar surface area (TPSA) is 3.24 Å². The number of benzene rings is 9. The smallest absolute Gasteiger partial charge is 0.0540 e. The molecule has 2 bridgehead atoms. The lowest BCUT2D eigenvalue weighted by molar-refractivity contribution is 0.756. The van der Waals surface area contributed by atoms with Gasteiger partial charge in [-0.15, -0.1) is 0 Å². The summed E-state index contributed by atoms with van der Waals surface area (Å²) in [5.41, 5.74) is 17.1. The zero-order chi connectivity index (χ0) is 34.9. The molecule has 248 valence electrons. The third-order valence-electron chi connectivity index (χ3n) is 11.6. The zero-order valence-electron chi connectivity index (χ0n) is 29.2. The number of anilines is 3. The van der Waals surface area contributed by atoms with Gasteiger partial charge in [0, 0.05) is 22.9 Å². The number of hydrogen-bond acceptors (Lipinski definition) is 1. The van der Waals surface area contributed by atoms with Crippen molar-refractivity contribution in [1.29, 1.82) is 0 Å². The zero-order valence-corrected chi connectivity index (χ0v) is 29.2. The van der Waals surface area contributed by atoms with Crippen LogP contribution in [0, 0.1) is 0 Å². The fourth-order valence-corrected chi connectivity index (χ4v) is 9.39. The van der Waals surface area contributed by atoms with Gasteiger partial charge in [-0.1, -0.05) is 176 Å². The molecule has 0 aromatic heterocycles. The second-order valence-electron chi connectivity index (χ2n) is 14.4. The van der Waals surface area contributed by atoms with E-state index in [1.807, 2.05) is 0 Å². The van der Waals surface area contributed by atoms with E-state index in [4.69, 9.17) is 0 Å². The van der Waals surface area contributed by atoms with Gasteiger partial charge < -0.3 is 4.90 Å². The number of hydrogen-bond donors (Lipinski definition) is 0. The molecule has 3 aliphatic rings. The number of rotatable bonds is 5. The molecule has 0 fully saturated rings. The molecule has 1 heteroatoms. The van der Waals surface area contributed by atoms with Crippen LogP contribution in [0.5, 0.6) is 0 Å². The van der Waals surface area contributed by atoms with Crippen LogP contribution in [-0.2, 0) is 0 Å². The summed E-state index contributed by atoms with van der Waals surface area (Å²) in [7, 11) is 0. The summed E-state index contributed by atoms with van der Waals surface area (Å²) in [6.45, 7) is 0. The van der Waals surface area contributed by atoms with Crippen molar-refractivity contribution in [3.8, 4) is 22.3 Å². The Bertz CT molecular complexity index is 2790. The van der Waals surface area contributed by atoms with Gasteiger partial charge in [-0.05, 0) is 96.1 Å². The summed E-state index contributed by atoms with van der Waals surface area (Å²) >= 11 is 0. The quantitative estimate of drug-likeness (QED) is 0.164. The third-order valence-corrected chi connectivity index (χ3v) is 11.6. The minimum atomic E-state index is 0.1000. The van der Waals surface area contributed by atoms with Crippen LogP contribution >= 0.6 is 0 Å². The fourth-order valence-electron chi connectivity index (χ4n) is 9.39. The van der Waals surface area contributed by atoms with E-state index in [1.54, 1.807) is 0 Å². The van der Waals surface area contributed by atoms with Gasteiger partial charge >= 0.3 is 0 Å². The van der Waals surface area contributed by atoms with Gasteiger partial charge in [-0.25, -0.2) is 0 Å². The molecule has 3 aliphatic carbocycles. The van der Waals surface area contributed by atoms with E-state index in [2.05, 4.69) is 205 Å². The average Bonchev–Trinajstić information content (AvgIpc) is 3.24. The van der Waals surface area contributed by atoms with Crippen molar-refractivity contribution in [1.82, 2.24) is 0 Å². The first-order valence-corrected chi connectivity index (χ1v) is 18.6. The molecule has 0 amide bonds. The van der Waals surface area contributed by atoms with Crippen molar-refractivity contribution < 1.29 is 0 Å². The molecule has 0 saturated carbocycles. The van der Waals surface area contributed by atoms with Gasteiger partial charge in [0.2, 0.25) is 0 Å². The second-order valence-corrected chi connectivity index (χ2v) is 14.4. The molecular weight excluding hydrogens is 639 g/mol. The van der Waals surface area contributed by atoms with E-state index in [0.29, 0.717) is 0 Å². The molecule has 0 N–H and O–H groups in total. The van der Waals surface area contributed by atoms with E-state index in [0.717, 1.165) is 5.69 Å². The Morgan fingerprint density at radius 1 is 0.302 bits per heavy atom. The van der Waals surface area contributed by atoms with Crippen LogP contribution in [-0.4, -0.2) is 0 Å². The first-order chi connectivity index (χ1) is 26.3. The van der Waals surface area contributed by atoms with Gasteiger partial charge in [-0.2, -0.15) is 0 Å². The molecule has 0 atom stereocenters. The van der Waals surface area contributed by atoms with Crippen molar-refractivity contribution in [2.45, 2.75) is 11.8 Å². The van der Waals surface area contributed by atoms with E-state index in [9.17, 15) is 0 Å². The van der Waals surface area contributed by atoms with Crippen LogP contribution in [0.3, 0.4) is 0 Å². The normalized spacial score (nSPS) is 15.2. The van der Waals surface area contributed by atoms with Crippen LogP contribution in [0.25, 0.3) is 43.8 Å². The average molecular weight is 674 g/mol. The highest BCUT2D eigenvalue weighted by molar-refractivity contribution is 6.13. The predicted molar refractivity (Wildman–Crippen MR) is 222 cm³/mol. The molecule has 0 unspecified atom stereocenters. The molecule has 12 rings (SSSR count). The highest BCUT2D eigenvalue weighted by Gasteiger charge is 2.44. The number of nitrogens with zero attached hydrogens (tertiary/aromatic N) is 1. The summed E-state index contributed by atoms with van der Waals surface area (Å²) in [4.78, 5) is 2.55. The van der Waals surface area contributed by atoms with Crippen LogP contribution in [0.15, 0.2) is 200 Å². The molecule has 0 aliphatic heterocycles. The Morgan fingerprint density at radius 3 is 1.53 bits per heavy atom. The van der Waals surface area contributed by atoms with Gasteiger partial charge in [0.1, 0.15) is 0 Å². The lowest BCUT2D eigenvalue weighted by Crippen LogP contribution is -2.30. The van der Waals surface area contributed by atoms with Crippen molar-refractivity contribution in [2.75, 3.05) is 4.90 Å². The first kappa shape index (κ1) is 30.0. The predicted octanol–water partition coefficient (Wildman–Crippen LogP) is 13.8. The second kappa shape index (κ2) is 11.9. The maximum Gasteiger partial charge on any atom is 0.0540 e. The Balaban J connectivity index is 1.23. The monoisotopic (exact) mass is 673 g/mol. The van der Waals surface area contributed by atoms with Crippen molar-refractivity contribution >= 4 is 38.6 Å². The minimum absolute atomic E-state index is 0.1000. The summed E-state index contributed by atoms with van der Waals surface area (Å²) in [6.07, 6.45) is 0. The molecule has 0 saturated heterocycles. The maximum atomic E-state index is 2.55. The van der Waals surface area contributed by atoms with E-state index in [-0.39, 0.29) is 11.8 Å². The molecule has 1 nitrogen and oxygen atoms in total. The molecule has 0 radical (unpaired) electrons. The lowest BCUT2D eigenvalue weighted by atomic mass is 9.59. The highest BCUT2D eigenvalue weighted by Crippen LogP contribution is 2.61.